The molecule has 0 bridgehead atoms. The van der Waals surface area contributed by atoms with Crippen LogP contribution in [0, 0.1) is 0 Å². The number of hydrogen-bond donors (Lipinski definition) is 0. The second kappa shape index (κ2) is 8.02. The van der Waals surface area contributed by atoms with Gasteiger partial charge in [-0.05, 0) is 22.4 Å². The lowest BCUT2D eigenvalue weighted by atomic mass is 10.0. The molecular formula is C26H22N6O. The van der Waals surface area contributed by atoms with Crippen LogP contribution >= 0.6 is 0 Å². The third kappa shape index (κ3) is 3.38. The van der Waals surface area contributed by atoms with Crippen molar-refractivity contribution in [3.63, 3.8) is 0 Å². The second-order valence-corrected chi connectivity index (χ2v) is 8.14. The number of hydrogen-bond acceptors (Lipinski definition) is 5. The number of amides is 1. The molecule has 33 heavy (non-hydrogen) atoms. The highest BCUT2D eigenvalue weighted by atomic mass is 16.2. The van der Waals surface area contributed by atoms with Crippen molar-refractivity contribution in [2.45, 2.75) is 0 Å². The summed E-state index contributed by atoms with van der Waals surface area (Å²) in [5, 5.41) is 6.52. The normalized spacial score (nSPS) is 14.2. The first kappa shape index (κ1) is 19.4. The fraction of sp³-hybridized carbons (Fsp3) is 0.154. The van der Waals surface area contributed by atoms with Gasteiger partial charge in [-0.15, -0.1) is 0 Å². The van der Waals surface area contributed by atoms with E-state index in [1.165, 1.54) is 6.33 Å². The summed E-state index contributed by atoms with van der Waals surface area (Å²) in [7, 11) is 0. The van der Waals surface area contributed by atoms with Gasteiger partial charge in [-0.1, -0.05) is 66.7 Å². The van der Waals surface area contributed by atoms with Crippen LogP contribution in [0.1, 0.15) is 10.4 Å². The van der Waals surface area contributed by atoms with Crippen LogP contribution in [-0.2, 0) is 0 Å². The van der Waals surface area contributed by atoms with E-state index < -0.39 is 0 Å². The molecule has 1 aliphatic rings. The zero-order valence-corrected chi connectivity index (χ0v) is 18.0. The predicted molar refractivity (Wildman–Crippen MR) is 128 cm³/mol. The Morgan fingerprint density at radius 1 is 0.788 bits per heavy atom. The van der Waals surface area contributed by atoms with Gasteiger partial charge in [-0.25, -0.2) is 4.98 Å². The zero-order chi connectivity index (χ0) is 22.2. The van der Waals surface area contributed by atoms with Crippen molar-refractivity contribution in [1.29, 1.82) is 0 Å². The molecule has 7 heteroatoms. The van der Waals surface area contributed by atoms with Crippen molar-refractivity contribution < 1.29 is 4.79 Å². The van der Waals surface area contributed by atoms with E-state index in [-0.39, 0.29) is 5.91 Å². The van der Waals surface area contributed by atoms with Gasteiger partial charge in [-0.2, -0.15) is 14.6 Å². The number of carbonyl (C=O) groups excluding carboxylic acids is 1. The van der Waals surface area contributed by atoms with Gasteiger partial charge in [0.1, 0.15) is 12.1 Å². The molecule has 1 amide bonds. The highest BCUT2D eigenvalue weighted by molar-refractivity contribution is 6.07. The number of benzene rings is 3. The fourth-order valence-corrected chi connectivity index (χ4v) is 4.60. The first-order valence-electron chi connectivity index (χ1n) is 11.1. The van der Waals surface area contributed by atoms with E-state index in [2.05, 4.69) is 32.1 Å². The number of fused-ring (bicyclic) bond motifs is 2. The minimum absolute atomic E-state index is 0.0790. The van der Waals surface area contributed by atoms with Gasteiger partial charge in [0.25, 0.3) is 11.7 Å². The quantitative estimate of drug-likeness (QED) is 0.431. The van der Waals surface area contributed by atoms with Crippen molar-refractivity contribution in [3.05, 3.63) is 90.9 Å². The molecule has 0 N–H and O–H groups in total. The Hall–Kier alpha value is -4.26. The van der Waals surface area contributed by atoms with E-state index in [1.54, 1.807) is 4.52 Å². The molecule has 0 spiro atoms. The summed E-state index contributed by atoms with van der Waals surface area (Å²) in [6, 6.07) is 24.1. The van der Waals surface area contributed by atoms with Crippen LogP contribution in [0.15, 0.2) is 85.3 Å². The van der Waals surface area contributed by atoms with Crippen LogP contribution in [0.5, 0.6) is 0 Å². The van der Waals surface area contributed by atoms with Gasteiger partial charge in [0, 0.05) is 43.5 Å². The van der Waals surface area contributed by atoms with Gasteiger partial charge < -0.3 is 9.80 Å². The molecule has 1 aliphatic heterocycles. The number of rotatable bonds is 3. The highest BCUT2D eigenvalue weighted by Crippen LogP contribution is 2.31. The van der Waals surface area contributed by atoms with Crippen LogP contribution in [0.2, 0.25) is 0 Å². The molecule has 1 saturated heterocycles. The van der Waals surface area contributed by atoms with Crippen LogP contribution in [0.25, 0.3) is 27.7 Å². The van der Waals surface area contributed by atoms with Crippen LogP contribution in [0.4, 0.5) is 5.82 Å². The Balaban J connectivity index is 1.30. The minimum atomic E-state index is 0.0790. The summed E-state index contributed by atoms with van der Waals surface area (Å²) in [6.07, 6.45) is 3.39. The lowest BCUT2D eigenvalue weighted by Crippen LogP contribution is -2.49. The molecule has 7 nitrogen and oxygen atoms in total. The van der Waals surface area contributed by atoms with Crippen molar-refractivity contribution >= 4 is 28.3 Å². The Morgan fingerprint density at radius 2 is 1.55 bits per heavy atom. The van der Waals surface area contributed by atoms with E-state index in [0.717, 1.165) is 33.3 Å². The third-order valence-corrected chi connectivity index (χ3v) is 6.25. The molecule has 0 saturated carbocycles. The van der Waals surface area contributed by atoms with E-state index in [0.29, 0.717) is 32.0 Å². The molecule has 162 valence electrons. The van der Waals surface area contributed by atoms with E-state index >= 15 is 0 Å². The maximum Gasteiger partial charge on any atom is 0.254 e. The smallest absolute Gasteiger partial charge is 0.254 e. The lowest BCUT2D eigenvalue weighted by Gasteiger charge is -2.36. The highest BCUT2D eigenvalue weighted by Gasteiger charge is 2.26. The van der Waals surface area contributed by atoms with Crippen LogP contribution < -0.4 is 4.90 Å². The second-order valence-electron chi connectivity index (χ2n) is 8.14. The summed E-state index contributed by atoms with van der Waals surface area (Å²) in [5.74, 6) is 1.61. The van der Waals surface area contributed by atoms with E-state index in [1.807, 2.05) is 71.8 Å². The molecule has 5 aromatic rings. The largest absolute Gasteiger partial charge is 0.352 e. The number of carbonyl (C=O) groups is 1. The first-order chi connectivity index (χ1) is 16.3. The fourth-order valence-electron chi connectivity index (χ4n) is 4.60. The Labute approximate surface area is 190 Å². The molecule has 0 aliphatic carbocycles. The number of anilines is 1. The molecule has 3 aromatic carbocycles. The van der Waals surface area contributed by atoms with Crippen LogP contribution in [0.3, 0.4) is 0 Å². The molecular weight excluding hydrogens is 412 g/mol. The maximum absolute atomic E-state index is 13.4. The summed E-state index contributed by atoms with van der Waals surface area (Å²) in [4.78, 5) is 26.4. The Morgan fingerprint density at radius 3 is 2.39 bits per heavy atom. The molecule has 3 heterocycles. The minimum Gasteiger partial charge on any atom is -0.352 e. The van der Waals surface area contributed by atoms with Crippen LogP contribution in [-0.4, -0.2) is 56.6 Å². The van der Waals surface area contributed by atoms with Crippen molar-refractivity contribution in [3.8, 4) is 11.1 Å². The molecule has 0 radical (unpaired) electrons. The van der Waals surface area contributed by atoms with Crippen molar-refractivity contribution in [2.24, 2.45) is 0 Å². The number of nitrogens with zero attached hydrogens (tertiary/aromatic N) is 6. The lowest BCUT2D eigenvalue weighted by molar-refractivity contribution is 0.0748. The van der Waals surface area contributed by atoms with Gasteiger partial charge in [-0.3, -0.25) is 4.79 Å². The molecule has 6 rings (SSSR count). The zero-order valence-electron chi connectivity index (χ0n) is 18.0. The third-order valence-electron chi connectivity index (χ3n) is 6.25. The standard InChI is InChI=1S/C26H22N6O/c33-25(22-12-6-10-19-9-4-5-11-21(19)22)31-15-13-30(14-16-31)24-23(20-7-2-1-3-8-20)17-27-26-28-18-29-32(24)26/h1-12,17-18H,13-16H2. The van der Waals surface area contributed by atoms with Gasteiger partial charge in [0.05, 0.1) is 0 Å². The summed E-state index contributed by atoms with van der Waals surface area (Å²) in [5.41, 5.74) is 2.84. The van der Waals surface area contributed by atoms with Gasteiger partial charge >= 0.3 is 0 Å². The topological polar surface area (TPSA) is 66.6 Å². The number of aromatic nitrogens is 4. The average Bonchev–Trinajstić information content (AvgIpc) is 3.37. The molecule has 0 atom stereocenters. The summed E-state index contributed by atoms with van der Waals surface area (Å²) >= 11 is 0. The average molecular weight is 435 g/mol. The van der Waals surface area contributed by atoms with Crippen molar-refractivity contribution in [2.75, 3.05) is 31.1 Å². The predicted octanol–water partition coefficient (Wildman–Crippen LogP) is 3.91. The first-order valence-corrected chi connectivity index (χ1v) is 11.1. The van der Waals surface area contributed by atoms with Gasteiger partial charge in [0.2, 0.25) is 0 Å². The monoisotopic (exact) mass is 434 g/mol. The van der Waals surface area contributed by atoms with Gasteiger partial charge in [0.15, 0.2) is 0 Å². The molecule has 2 aromatic heterocycles. The Kier molecular flexibility index (Phi) is 4.72. The molecule has 0 unspecified atom stereocenters. The SMILES string of the molecule is O=C(c1cccc2ccccc12)N1CCN(c2c(-c3ccccc3)cnc3ncnn23)CC1. The number of piperazine rings is 1. The Bertz CT molecular complexity index is 1450. The van der Waals surface area contributed by atoms with E-state index in [4.69, 9.17) is 0 Å². The molecule has 1 fully saturated rings. The summed E-state index contributed by atoms with van der Waals surface area (Å²) in [6.45, 7) is 2.67. The van der Waals surface area contributed by atoms with Crippen molar-refractivity contribution in [1.82, 2.24) is 24.5 Å². The van der Waals surface area contributed by atoms with E-state index in [9.17, 15) is 4.79 Å². The summed E-state index contributed by atoms with van der Waals surface area (Å²) < 4.78 is 1.80. The maximum atomic E-state index is 13.4.